The molecular formula is C21H22ClN7O2. The summed E-state index contributed by atoms with van der Waals surface area (Å²) in [4.78, 5) is 12.5. The first-order chi connectivity index (χ1) is 15.0. The van der Waals surface area contributed by atoms with E-state index in [9.17, 15) is 4.79 Å². The Morgan fingerprint density at radius 3 is 2.77 bits per heavy atom. The fourth-order valence-electron chi connectivity index (χ4n) is 3.10. The molecule has 0 unspecified atom stereocenters. The number of carbonyl (C=O) groups excluding carboxylic acids is 1. The van der Waals surface area contributed by atoms with E-state index in [1.54, 1.807) is 41.5 Å². The Morgan fingerprint density at radius 2 is 2.00 bits per heavy atom. The number of hydrogen-bond donors (Lipinski definition) is 1. The molecule has 160 valence electrons. The van der Waals surface area contributed by atoms with Crippen LogP contribution in [-0.2, 0) is 19.8 Å². The van der Waals surface area contributed by atoms with Crippen molar-refractivity contribution in [3.05, 3.63) is 77.1 Å². The predicted octanol–water partition coefficient (Wildman–Crippen LogP) is 3.59. The molecule has 0 aliphatic rings. The monoisotopic (exact) mass is 439 g/mol. The average molecular weight is 440 g/mol. The third kappa shape index (κ3) is 4.77. The Balaban J connectivity index is 1.34. The Kier molecular flexibility index (Phi) is 6.03. The lowest BCUT2D eigenvalue weighted by molar-refractivity contribution is 0.102. The van der Waals surface area contributed by atoms with Crippen molar-refractivity contribution >= 4 is 23.2 Å². The van der Waals surface area contributed by atoms with Gasteiger partial charge in [-0.25, -0.2) is 4.68 Å². The van der Waals surface area contributed by atoms with Crippen LogP contribution in [0.4, 0.5) is 5.69 Å². The van der Waals surface area contributed by atoms with Gasteiger partial charge < -0.3 is 10.1 Å². The van der Waals surface area contributed by atoms with Gasteiger partial charge in [0.1, 0.15) is 5.75 Å². The third-order valence-corrected chi connectivity index (χ3v) is 5.10. The van der Waals surface area contributed by atoms with Crippen LogP contribution >= 0.6 is 11.6 Å². The normalized spacial score (nSPS) is 10.9. The first-order valence-corrected chi connectivity index (χ1v) is 10.2. The summed E-state index contributed by atoms with van der Waals surface area (Å²) in [6.45, 7) is 5.62. The van der Waals surface area contributed by atoms with E-state index in [0.717, 1.165) is 17.8 Å². The topological polar surface area (TPSA) is 91.8 Å². The fourth-order valence-corrected chi connectivity index (χ4v) is 3.29. The molecule has 9 nitrogen and oxygen atoms in total. The van der Waals surface area contributed by atoms with Crippen molar-refractivity contribution in [1.82, 2.24) is 29.3 Å². The maximum Gasteiger partial charge on any atom is 0.276 e. The van der Waals surface area contributed by atoms with Crippen molar-refractivity contribution in [2.75, 3.05) is 5.32 Å². The van der Waals surface area contributed by atoms with E-state index in [1.165, 1.54) is 4.68 Å². The van der Waals surface area contributed by atoms with Crippen molar-refractivity contribution in [1.29, 1.82) is 0 Å². The minimum Gasteiger partial charge on any atom is -0.470 e. The average Bonchev–Trinajstić information content (AvgIpc) is 3.49. The molecule has 0 fully saturated rings. The summed E-state index contributed by atoms with van der Waals surface area (Å²) in [6, 6.07) is 8.80. The number of carbonyl (C=O) groups is 1. The lowest BCUT2D eigenvalue weighted by Crippen LogP contribution is -2.14. The van der Waals surface area contributed by atoms with Crippen molar-refractivity contribution in [2.24, 2.45) is 0 Å². The SMILES string of the molecule is CCn1ncc(Cn2cc(NC(=O)c3ccn(COc4ccccc4Cl)n3)cn2)c1C. The molecular weight excluding hydrogens is 418 g/mol. The number of aryl methyl sites for hydroxylation is 1. The number of benzene rings is 1. The number of aromatic nitrogens is 6. The lowest BCUT2D eigenvalue weighted by atomic mass is 10.2. The molecule has 4 rings (SSSR count). The molecule has 0 atom stereocenters. The minimum atomic E-state index is -0.328. The number of para-hydroxylation sites is 1. The molecule has 31 heavy (non-hydrogen) atoms. The molecule has 0 spiro atoms. The second-order valence-electron chi connectivity index (χ2n) is 6.90. The van der Waals surface area contributed by atoms with E-state index in [4.69, 9.17) is 16.3 Å². The van der Waals surface area contributed by atoms with E-state index >= 15 is 0 Å². The number of anilines is 1. The predicted molar refractivity (Wildman–Crippen MR) is 116 cm³/mol. The summed E-state index contributed by atoms with van der Waals surface area (Å²) < 4.78 is 10.9. The highest BCUT2D eigenvalue weighted by Gasteiger charge is 2.12. The van der Waals surface area contributed by atoms with Gasteiger partial charge in [0.15, 0.2) is 12.4 Å². The Bertz CT molecular complexity index is 1190. The van der Waals surface area contributed by atoms with Crippen LogP contribution < -0.4 is 10.1 Å². The van der Waals surface area contributed by atoms with E-state index in [2.05, 4.69) is 27.5 Å². The molecule has 3 aromatic heterocycles. The number of rotatable bonds is 8. The second kappa shape index (κ2) is 9.05. The van der Waals surface area contributed by atoms with Crippen molar-refractivity contribution < 1.29 is 9.53 Å². The number of hydrogen-bond acceptors (Lipinski definition) is 5. The van der Waals surface area contributed by atoms with Crippen LogP contribution in [0.1, 0.15) is 28.7 Å². The molecule has 0 saturated heterocycles. The van der Waals surface area contributed by atoms with Gasteiger partial charge in [-0.15, -0.1) is 0 Å². The summed E-state index contributed by atoms with van der Waals surface area (Å²) in [5.74, 6) is 0.226. The fraction of sp³-hybridized carbons (Fsp3) is 0.238. The quantitative estimate of drug-likeness (QED) is 0.453. The van der Waals surface area contributed by atoms with Gasteiger partial charge in [-0.05, 0) is 32.0 Å². The summed E-state index contributed by atoms with van der Waals surface area (Å²) in [5, 5.41) is 16.2. The van der Waals surface area contributed by atoms with Crippen molar-refractivity contribution in [3.63, 3.8) is 0 Å². The minimum absolute atomic E-state index is 0.139. The number of halogens is 1. The Morgan fingerprint density at radius 1 is 1.16 bits per heavy atom. The van der Waals surface area contributed by atoms with E-state index in [0.29, 0.717) is 23.0 Å². The largest absolute Gasteiger partial charge is 0.470 e. The van der Waals surface area contributed by atoms with Crippen molar-refractivity contribution in [2.45, 2.75) is 33.7 Å². The highest BCUT2D eigenvalue weighted by atomic mass is 35.5. The molecule has 1 amide bonds. The van der Waals surface area contributed by atoms with Crippen LogP contribution in [0.25, 0.3) is 0 Å². The van der Waals surface area contributed by atoms with Crippen LogP contribution in [0.5, 0.6) is 5.75 Å². The highest BCUT2D eigenvalue weighted by molar-refractivity contribution is 6.32. The van der Waals surface area contributed by atoms with Gasteiger partial charge in [0.25, 0.3) is 5.91 Å². The van der Waals surface area contributed by atoms with Gasteiger partial charge in [0.05, 0.1) is 29.6 Å². The standard InChI is InChI=1S/C21H22ClN7O2/c1-3-29-15(2)16(10-24-29)12-28-13-17(11-23-28)25-21(30)19-8-9-27(26-19)14-31-20-7-5-4-6-18(20)22/h4-11,13H,3,12,14H2,1-2H3,(H,25,30). The Hall–Kier alpha value is -3.59. The number of nitrogens with one attached hydrogen (secondary N) is 1. The van der Waals surface area contributed by atoms with Crippen LogP contribution in [-0.4, -0.2) is 35.2 Å². The van der Waals surface area contributed by atoms with Gasteiger partial charge in [-0.3, -0.25) is 14.2 Å². The molecule has 10 heteroatoms. The van der Waals surface area contributed by atoms with E-state index in [1.807, 2.05) is 29.9 Å². The van der Waals surface area contributed by atoms with Crippen LogP contribution in [0.15, 0.2) is 55.1 Å². The zero-order chi connectivity index (χ0) is 21.8. The number of nitrogens with zero attached hydrogens (tertiary/aromatic N) is 6. The van der Waals surface area contributed by atoms with Crippen molar-refractivity contribution in [3.8, 4) is 5.75 Å². The zero-order valence-electron chi connectivity index (χ0n) is 17.2. The first kappa shape index (κ1) is 20.7. The summed E-state index contributed by atoms with van der Waals surface area (Å²) in [5.41, 5.74) is 3.05. The van der Waals surface area contributed by atoms with Gasteiger partial charge in [0.2, 0.25) is 0 Å². The van der Waals surface area contributed by atoms with Gasteiger partial charge in [-0.1, -0.05) is 23.7 Å². The smallest absolute Gasteiger partial charge is 0.276 e. The van der Waals surface area contributed by atoms with E-state index < -0.39 is 0 Å². The molecule has 1 aromatic carbocycles. The summed E-state index contributed by atoms with van der Waals surface area (Å²) in [6.07, 6.45) is 6.90. The molecule has 0 saturated carbocycles. The van der Waals surface area contributed by atoms with Gasteiger partial charge >= 0.3 is 0 Å². The van der Waals surface area contributed by atoms with Gasteiger partial charge in [-0.2, -0.15) is 15.3 Å². The van der Waals surface area contributed by atoms with E-state index in [-0.39, 0.29) is 18.3 Å². The molecule has 4 aromatic rings. The molecule has 0 bridgehead atoms. The number of amides is 1. The summed E-state index contributed by atoms with van der Waals surface area (Å²) >= 11 is 6.08. The highest BCUT2D eigenvalue weighted by Crippen LogP contribution is 2.23. The lowest BCUT2D eigenvalue weighted by Gasteiger charge is -2.07. The zero-order valence-corrected chi connectivity index (χ0v) is 18.0. The molecule has 0 aliphatic carbocycles. The second-order valence-corrected chi connectivity index (χ2v) is 7.30. The van der Waals surface area contributed by atoms with Crippen LogP contribution in [0, 0.1) is 6.92 Å². The molecule has 3 heterocycles. The maximum absolute atomic E-state index is 12.5. The molecule has 0 aliphatic heterocycles. The first-order valence-electron chi connectivity index (χ1n) is 9.79. The molecule has 0 radical (unpaired) electrons. The third-order valence-electron chi connectivity index (χ3n) is 4.79. The Labute approximate surface area is 184 Å². The van der Waals surface area contributed by atoms with Crippen LogP contribution in [0.3, 0.4) is 0 Å². The maximum atomic E-state index is 12.5. The van der Waals surface area contributed by atoms with Gasteiger partial charge in [0, 0.05) is 30.2 Å². The number of ether oxygens (including phenoxy) is 1. The molecule has 1 N–H and O–H groups in total. The summed E-state index contributed by atoms with van der Waals surface area (Å²) in [7, 11) is 0. The van der Waals surface area contributed by atoms with Crippen LogP contribution in [0.2, 0.25) is 5.02 Å².